The number of ether oxygens (including phenoxy) is 1. The van der Waals surface area contributed by atoms with Gasteiger partial charge in [0.2, 0.25) is 5.88 Å². The van der Waals surface area contributed by atoms with E-state index in [0.717, 1.165) is 49.2 Å². The van der Waals surface area contributed by atoms with Crippen LogP contribution < -0.4 is 10.1 Å². The topological polar surface area (TPSA) is 64.1 Å². The summed E-state index contributed by atoms with van der Waals surface area (Å²) < 4.78 is 5.95. The van der Waals surface area contributed by atoms with Gasteiger partial charge in [0, 0.05) is 36.0 Å². The molecule has 1 unspecified atom stereocenters. The Morgan fingerprint density at radius 3 is 3.04 bits per heavy atom. The summed E-state index contributed by atoms with van der Waals surface area (Å²) in [5, 5.41) is 3.40. The molecule has 0 radical (unpaired) electrons. The number of hydrogen-bond acceptors (Lipinski definition) is 5. The van der Waals surface area contributed by atoms with E-state index in [1.165, 1.54) is 11.1 Å². The first-order valence-electron chi connectivity index (χ1n) is 9.60. The minimum absolute atomic E-state index is 0.398. The number of aldehydes is 1. The third-order valence-corrected chi connectivity index (χ3v) is 5.16. The molecule has 2 aromatic heterocycles. The van der Waals surface area contributed by atoms with Crippen LogP contribution in [0.5, 0.6) is 11.6 Å². The lowest BCUT2D eigenvalue weighted by Crippen LogP contribution is -2.18. The van der Waals surface area contributed by atoms with Gasteiger partial charge in [0.25, 0.3) is 0 Å². The highest BCUT2D eigenvalue weighted by Crippen LogP contribution is 2.35. The van der Waals surface area contributed by atoms with E-state index in [1.807, 2.05) is 31.2 Å². The molecule has 1 aliphatic carbocycles. The summed E-state index contributed by atoms with van der Waals surface area (Å²) in [5.74, 6) is 1.84. The van der Waals surface area contributed by atoms with Gasteiger partial charge in [-0.25, -0.2) is 4.98 Å². The number of anilines is 1. The van der Waals surface area contributed by atoms with Crippen molar-refractivity contribution in [2.75, 3.05) is 11.9 Å². The molecule has 0 spiro atoms. The number of nitrogens with one attached hydrogen (secondary N) is 1. The van der Waals surface area contributed by atoms with Gasteiger partial charge in [-0.2, -0.15) is 0 Å². The van der Waals surface area contributed by atoms with Crippen LogP contribution in [0.15, 0.2) is 54.9 Å². The van der Waals surface area contributed by atoms with Crippen LogP contribution in [0.1, 0.15) is 45.9 Å². The van der Waals surface area contributed by atoms with E-state index >= 15 is 0 Å². The van der Waals surface area contributed by atoms with Crippen molar-refractivity contribution in [2.45, 2.75) is 32.1 Å². The molecule has 0 fully saturated rings. The Morgan fingerprint density at radius 1 is 1.25 bits per heavy atom. The molecule has 0 amide bonds. The number of carbonyl (C=O) groups excluding carboxylic acids is 1. The van der Waals surface area contributed by atoms with Gasteiger partial charge in [0.1, 0.15) is 5.75 Å². The summed E-state index contributed by atoms with van der Waals surface area (Å²) in [4.78, 5) is 19.7. The maximum atomic E-state index is 11.2. The van der Waals surface area contributed by atoms with Gasteiger partial charge in [-0.15, -0.1) is 0 Å². The van der Waals surface area contributed by atoms with Gasteiger partial charge >= 0.3 is 0 Å². The highest BCUT2D eigenvalue weighted by atomic mass is 16.5. The second-order valence-electron chi connectivity index (χ2n) is 7.13. The van der Waals surface area contributed by atoms with Gasteiger partial charge in [0.05, 0.1) is 11.9 Å². The molecule has 0 aliphatic heterocycles. The van der Waals surface area contributed by atoms with Crippen molar-refractivity contribution in [2.24, 2.45) is 0 Å². The highest BCUT2D eigenvalue weighted by molar-refractivity contribution is 5.83. The molecule has 0 saturated carbocycles. The number of nitrogens with zero attached hydrogens (tertiary/aromatic N) is 2. The van der Waals surface area contributed by atoms with Gasteiger partial charge in [-0.3, -0.25) is 9.78 Å². The van der Waals surface area contributed by atoms with Crippen LogP contribution in [-0.4, -0.2) is 22.8 Å². The van der Waals surface area contributed by atoms with Crippen LogP contribution in [0.3, 0.4) is 0 Å². The van der Waals surface area contributed by atoms with Crippen LogP contribution in [0.4, 0.5) is 5.69 Å². The number of aryl methyl sites for hydroxylation is 2. The van der Waals surface area contributed by atoms with E-state index in [-0.39, 0.29) is 0 Å². The number of benzene rings is 1. The average Bonchev–Trinajstić information content (AvgIpc) is 2.72. The van der Waals surface area contributed by atoms with E-state index in [4.69, 9.17) is 4.74 Å². The van der Waals surface area contributed by atoms with Crippen LogP contribution in [0, 0.1) is 6.92 Å². The fraction of sp³-hybridized carbons (Fsp3) is 0.261. The van der Waals surface area contributed by atoms with Crippen LogP contribution in [-0.2, 0) is 6.42 Å². The minimum atomic E-state index is 0.398. The molecule has 28 heavy (non-hydrogen) atoms. The molecular weight excluding hydrogens is 350 g/mol. The molecule has 1 aliphatic rings. The fourth-order valence-corrected chi connectivity index (χ4v) is 3.75. The second-order valence-corrected chi connectivity index (χ2v) is 7.13. The van der Waals surface area contributed by atoms with Crippen molar-refractivity contribution in [3.05, 3.63) is 77.2 Å². The summed E-state index contributed by atoms with van der Waals surface area (Å²) in [5.41, 5.74) is 5.03. The smallest absolute Gasteiger partial charge is 0.219 e. The van der Waals surface area contributed by atoms with Crippen LogP contribution in [0.2, 0.25) is 0 Å². The molecule has 142 valence electrons. The summed E-state index contributed by atoms with van der Waals surface area (Å²) >= 11 is 0. The zero-order valence-electron chi connectivity index (χ0n) is 15.9. The molecule has 5 heteroatoms. The van der Waals surface area contributed by atoms with Gasteiger partial charge in [-0.1, -0.05) is 12.1 Å². The van der Waals surface area contributed by atoms with Gasteiger partial charge < -0.3 is 10.1 Å². The summed E-state index contributed by atoms with van der Waals surface area (Å²) in [7, 11) is 0. The summed E-state index contributed by atoms with van der Waals surface area (Å²) in [6, 6.07) is 13.8. The Hall–Kier alpha value is -3.21. The summed E-state index contributed by atoms with van der Waals surface area (Å²) in [6.45, 7) is 2.73. The number of fused-ring (bicyclic) bond motifs is 1. The largest absolute Gasteiger partial charge is 0.439 e. The molecule has 1 aromatic carbocycles. The Balaban J connectivity index is 1.49. The highest BCUT2D eigenvalue weighted by Gasteiger charge is 2.21. The monoisotopic (exact) mass is 373 g/mol. The van der Waals surface area contributed by atoms with E-state index in [9.17, 15) is 4.79 Å². The molecule has 5 nitrogen and oxygen atoms in total. The number of carbonyl (C=O) groups is 1. The Labute approximate surface area is 164 Å². The predicted molar refractivity (Wildman–Crippen MR) is 109 cm³/mol. The molecule has 4 rings (SSSR count). The molecule has 1 atom stereocenters. The van der Waals surface area contributed by atoms with Crippen molar-refractivity contribution in [1.29, 1.82) is 0 Å². The zero-order valence-corrected chi connectivity index (χ0v) is 15.9. The molecule has 2 heterocycles. The van der Waals surface area contributed by atoms with Crippen LogP contribution >= 0.6 is 0 Å². The third-order valence-electron chi connectivity index (χ3n) is 5.16. The molecule has 0 saturated heterocycles. The molecule has 1 N–H and O–H groups in total. The lowest BCUT2D eigenvalue weighted by atomic mass is 9.82. The van der Waals surface area contributed by atoms with E-state index in [2.05, 4.69) is 27.4 Å². The predicted octanol–water partition coefficient (Wildman–Crippen LogP) is 4.92. The number of aromatic nitrogens is 2. The Kier molecular flexibility index (Phi) is 5.33. The SMILES string of the molecule is Cc1cccc(Oc2ccc3c(c2)CCCC3CNc2cnccc2C=O)n1. The van der Waals surface area contributed by atoms with Crippen molar-refractivity contribution in [3.63, 3.8) is 0 Å². The first kappa shape index (κ1) is 18.2. The molecule has 0 bridgehead atoms. The maximum Gasteiger partial charge on any atom is 0.219 e. The van der Waals surface area contributed by atoms with Crippen LogP contribution in [0.25, 0.3) is 0 Å². The number of hydrogen-bond donors (Lipinski definition) is 1. The Bertz CT molecular complexity index is 987. The van der Waals surface area contributed by atoms with Crippen molar-refractivity contribution in [3.8, 4) is 11.6 Å². The maximum absolute atomic E-state index is 11.2. The van der Waals surface area contributed by atoms with Crippen molar-refractivity contribution < 1.29 is 9.53 Å². The number of rotatable bonds is 6. The normalized spacial score (nSPS) is 15.5. The first-order chi connectivity index (χ1) is 13.7. The Morgan fingerprint density at radius 2 is 2.18 bits per heavy atom. The zero-order chi connectivity index (χ0) is 19.3. The van der Waals surface area contributed by atoms with Crippen molar-refractivity contribution >= 4 is 12.0 Å². The number of pyridine rings is 2. The second kappa shape index (κ2) is 8.21. The minimum Gasteiger partial charge on any atom is -0.439 e. The third kappa shape index (κ3) is 4.03. The first-order valence-corrected chi connectivity index (χ1v) is 9.60. The van der Waals surface area contributed by atoms with Gasteiger partial charge in [0.15, 0.2) is 6.29 Å². The van der Waals surface area contributed by atoms with E-state index < -0.39 is 0 Å². The standard InChI is InChI=1S/C23H23N3O2/c1-16-4-2-7-23(26-16)28-20-8-9-21-17(12-20)5-3-6-18(21)13-25-22-14-24-11-10-19(22)15-27/h2,4,7-12,14-15,18,25H,3,5-6,13H2,1H3. The molecular formula is C23H23N3O2. The lowest BCUT2D eigenvalue weighted by molar-refractivity contribution is 0.112. The lowest BCUT2D eigenvalue weighted by Gasteiger charge is -2.26. The van der Waals surface area contributed by atoms with Gasteiger partial charge in [-0.05, 0) is 61.6 Å². The van der Waals surface area contributed by atoms with E-state index in [1.54, 1.807) is 18.5 Å². The van der Waals surface area contributed by atoms with Crippen molar-refractivity contribution in [1.82, 2.24) is 9.97 Å². The summed E-state index contributed by atoms with van der Waals surface area (Å²) in [6.07, 6.45) is 7.52. The fourth-order valence-electron chi connectivity index (χ4n) is 3.75. The van der Waals surface area contributed by atoms with E-state index in [0.29, 0.717) is 17.4 Å². The molecule has 3 aromatic rings. The quantitative estimate of drug-likeness (QED) is 0.621. The average molecular weight is 373 g/mol.